The molecule has 2 heterocycles. The fraction of sp³-hybridized carbons (Fsp3) is 0.545. The van der Waals surface area contributed by atoms with E-state index >= 15 is 0 Å². The van der Waals surface area contributed by atoms with Gasteiger partial charge >= 0.3 is 0 Å². The molecule has 4 heteroatoms. The molecule has 0 bridgehead atoms. The van der Waals surface area contributed by atoms with Crippen molar-refractivity contribution in [2.24, 2.45) is 0 Å². The number of thioether (sulfide) groups is 2. The van der Waals surface area contributed by atoms with Crippen molar-refractivity contribution >= 4 is 23.5 Å². The van der Waals surface area contributed by atoms with Crippen LogP contribution in [0.1, 0.15) is 12.0 Å². The van der Waals surface area contributed by atoms with E-state index in [4.69, 9.17) is 0 Å². The van der Waals surface area contributed by atoms with Crippen molar-refractivity contribution in [1.29, 1.82) is 0 Å². The monoisotopic (exact) mass is 241 g/mol. The van der Waals surface area contributed by atoms with Gasteiger partial charge < -0.3 is 5.11 Å². The van der Waals surface area contributed by atoms with Gasteiger partial charge in [0.25, 0.3) is 0 Å². The summed E-state index contributed by atoms with van der Waals surface area (Å²) >= 11 is 3.78. The maximum absolute atomic E-state index is 9.54. The summed E-state index contributed by atoms with van der Waals surface area (Å²) in [7, 11) is 0. The summed E-state index contributed by atoms with van der Waals surface area (Å²) in [6.45, 7) is 0.247. The maximum Gasteiger partial charge on any atom is 0.0881 e. The molecule has 1 aromatic rings. The van der Waals surface area contributed by atoms with Gasteiger partial charge in [-0.1, -0.05) is 6.07 Å². The topological polar surface area (TPSA) is 33.1 Å². The zero-order valence-electron chi connectivity index (χ0n) is 8.56. The molecule has 1 aliphatic rings. The van der Waals surface area contributed by atoms with Crippen molar-refractivity contribution in [3.63, 3.8) is 0 Å². The smallest absolute Gasteiger partial charge is 0.0881 e. The van der Waals surface area contributed by atoms with Gasteiger partial charge in [-0.3, -0.25) is 4.98 Å². The minimum Gasteiger partial charge on any atom is -0.394 e. The molecule has 1 saturated heterocycles. The summed E-state index contributed by atoms with van der Waals surface area (Å²) < 4.78 is -0.0265. The molecule has 1 N–H and O–H groups in total. The number of pyridine rings is 1. The third-order valence-electron chi connectivity index (χ3n) is 2.46. The minimum atomic E-state index is -0.0265. The van der Waals surface area contributed by atoms with Crippen LogP contribution in [0, 0.1) is 0 Å². The van der Waals surface area contributed by atoms with E-state index in [1.54, 1.807) is 6.20 Å². The van der Waals surface area contributed by atoms with E-state index in [2.05, 4.69) is 11.1 Å². The molecule has 82 valence electrons. The second-order valence-electron chi connectivity index (χ2n) is 3.66. The largest absolute Gasteiger partial charge is 0.394 e. The zero-order chi connectivity index (χ0) is 10.6. The molecule has 0 radical (unpaired) electrons. The average molecular weight is 241 g/mol. The lowest BCUT2D eigenvalue weighted by molar-refractivity contribution is 0.283. The highest BCUT2D eigenvalue weighted by Crippen LogP contribution is 2.43. The van der Waals surface area contributed by atoms with Crippen LogP contribution in [-0.2, 0) is 6.42 Å². The molecule has 0 amide bonds. The van der Waals surface area contributed by atoms with Gasteiger partial charge in [0.05, 0.1) is 10.7 Å². The van der Waals surface area contributed by atoms with Crippen molar-refractivity contribution in [1.82, 2.24) is 4.98 Å². The molecule has 0 aliphatic carbocycles. The first kappa shape index (κ1) is 11.3. The number of aliphatic hydroxyl groups excluding tert-OH is 1. The molecule has 1 fully saturated rings. The predicted molar refractivity (Wildman–Crippen MR) is 67.3 cm³/mol. The lowest BCUT2D eigenvalue weighted by atomic mass is 10.1. The van der Waals surface area contributed by atoms with Crippen LogP contribution in [0.25, 0.3) is 0 Å². The third kappa shape index (κ3) is 2.89. The second kappa shape index (κ2) is 5.23. The Morgan fingerprint density at radius 1 is 1.40 bits per heavy atom. The Morgan fingerprint density at radius 3 is 2.80 bits per heavy atom. The quantitative estimate of drug-likeness (QED) is 0.879. The molecule has 0 unspecified atom stereocenters. The van der Waals surface area contributed by atoms with E-state index in [0.717, 1.165) is 17.9 Å². The number of aliphatic hydroxyl groups is 1. The van der Waals surface area contributed by atoms with Crippen molar-refractivity contribution in [2.75, 3.05) is 18.1 Å². The fourth-order valence-corrected chi connectivity index (χ4v) is 4.74. The Balaban J connectivity index is 2.07. The molecule has 1 aliphatic heterocycles. The third-order valence-corrected chi connectivity index (χ3v) is 5.75. The number of rotatable bonds is 3. The van der Waals surface area contributed by atoms with Crippen LogP contribution in [0.3, 0.4) is 0 Å². The average Bonchev–Trinajstić information content (AvgIpc) is 2.32. The fourth-order valence-electron chi connectivity index (χ4n) is 1.68. The first-order valence-corrected chi connectivity index (χ1v) is 7.09. The lowest BCUT2D eigenvalue weighted by Gasteiger charge is -2.34. The summed E-state index contributed by atoms with van der Waals surface area (Å²) in [4.78, 5) is 4.12. The van der Waals surface area contributed by atoms with Crippen molar-refractivity contribution in [3.05, 3.63) is 30.1 Å². The van der Waals surface area contributed by atoms with Gasteiger partial charge in [-0.05, 0) is 36.0 Å². The predicted octanol–water partition coefficient (Wildman–Crippen LogP) is 2.18. The van der Waals surface area contributed by atoms with E-state index in [1.807, 2.05) is 35.8 Å². The van der Waals surface area contributed by atoms with Crippen LogP contribution in [0.2, 0.25) is 0 Å². The molecular weight excluding hydrogens is 226 g/mol. The Kier molecular flexibility index (Phi) is 3.94. The number of aromatic nitrogens is 1. The van der Waals surface area contributed by atoms with Crippen LogP contribution in [0.5, 0.6) is 0 Å². The molecule has 0 aromatic carbocycles. The number of hydrogen-bond acceptors (Lipinski definition) is 4. The van der Waals surface area contributed by atoms with Crippen LogP contribution >= 0.6 is 23.5 Å². The van der Waals surface area contributed by atoms with Crippen LogP contribution in [0.4, 0.5) is 0 Å². The van der Waals surface area contributed by atoms with E-state index < -0.39 is 0 Å². The highest BCUT2D eigenvalue weighted by Gasteiger charge is 2.33. The minimum absolute atomic E-state index is 0.0265. The Hall–Kier alpha value is -0.190. The number of hydrogen-bond donors (Lipinski definition) is 1. The van der Waals surface area contributed by atoms with Crippen LogP contribution in [0.15, 0.2) is 24.5 Å². The summed E-state index contributed by atoms with van der Waals surface area (Å²) in [6.07, 6.45) is 5.85. The van der Waals surface area contributed by atoms with Gasteiger partial charge in [-0.25, -0.2) is 0 Å². The Labute approximate surface area is 98.9 Å². The van der Waals surface area contributed by atoms with Crippen molar-refractivity contribution < 1.29 is 5.11 Å². The molecule has 0 spiro atoms. The second-order valence-corrected chi connectivity index (χ2v) is 6.87. The van der Waals surface area contributed by atoms with E-state index in [9.17, 15) is 5.11 Å². The Morgan fingerprint density at radius 2 is 2.20 bits per heavy atom. The maximum atomic E-state index is 9.54. The highest BCUT2D eigenvalue weighted by molar-refractivity contribution is 8.18. The highest BCUT2D eigenvalue weighted by atomic mass is 32.2. The normalized spacial score (nSPS) is 20.1. The van der Waals surface area contributed by atoms with Crippen molar-refractivity contribution in [2.45, 2.75) is 16.9 Å². The SMILES string of the molecule is OCC1(Cc2cccnc2)SCCCS1. The molecule has 1 aromatic heterocycles. The van der Waals surface area contributed by atoms with Crippen LogP contribution < -0.4 is 0 Å². The summed E-state index contributed by atoms with van der Waals surface area (Å²) in [5.74, 6) is 2.32. The van der Waals surface area contributed by atoms with Gasteiger partial charge in [0.15, 0.2) is 0 Å². The van der Waals surface area contributed by atoms with Gasteiger partial charge in [0, 0.05) is 12.4 Å². The zero-order valence-corrected chi connectivity index (χ0v) is 10.2. The first-order chi connectivity index (χ1) is 7.35. The summed E-state index contributed by atoms with van der Waals surface area (Å²) in [5.41, 5.74) is 1.22. The number of nitrogens with zero attached hydrogens (tertiary/aromatic N) is 1. The lowest BCUT2D eigenvalue weighted by Crippen LogP contribution is -2.32. The van der Waals surface area contributed by atoms with Gasteiger partial charge in [-0.2, -0.15) is 0 Å². The van der Waals surface area contributed by atoms with Gasteiger partial charge in [0.1, 0.15) is 0 Å². The molecule has 15 heavy (non-hydrogen) atoms. The van der Waals surface area contributed by atoms with Gasteiger partial charge in [0.2, 0.25) is 0 Å². The van der Waals surface area contributed by atoms with Gasteiger partial charge in [-0.15, -0.1) is 23.5 Å². The molecule has 2 nitrogen and oxygen atoms in total. The molecule has 2 rings (SSSR count). The standard InChI is InChI=1S/C11H15NOS2/c13-9-11(14-5-2-6-15-11)7-10-3-1-4-12-8-10/h1,3-4,8,13H,2,5-7,9H2. The van der Waals surface area contributed by atoms with E-state index in [0.29, 0.717) is 0 Å². The van der Waals surface area contributed by atoms with Crippen molar-refractivity contribution in [3.8, 4) is 0 Å². The van der Waals surface area contributed by atoms with Crippen LogP contribution in [-0.4, -0.2) is 32.3 Å². The first-order valence-electron chi connectivity index (χ1n) is 5.12. The summed E-state index contributed by atoms with van der Waals surface area (Å²) in [5, 5.41) is 9.54. The Bertz CT molecular complexity index is 299. The molecule has 0 saturated carbocycles. The van der Waals surface area contributed by atoms with E-state index in [1.165, 1.54) is 12.0 Å². The molecular formula is C11H15NOS2. The molecule has 0 atom stereocenters. The van der Waals surface area contributed by atoms with E-state index in [-0.39, 0.29) is 10.7 Å². The summed E-state index contributed by atoms with van der Waals surface area (Å²) in [6, 6.07) is 4.04.